The van der Waals surface area contributed by atoms with Crippen molar-refractivity contribution in [2.45, 2.75) is 6.54 Å². The van der Waals surface area contributed by atoms with E-state index in [0.29, 0.717) is 5.56 Å². The first-order valence-corrected chi connectivity index (χ1v) is 4.64. The van der Waals surface area contributed by atoms with E-state index in [1.807, 2.05) is 0 Å². The lowest BCUT2D eigenvalue weighted by Gasteiger charge is -2.03. The van der Waals surface area contributed by atoms with Gasteiger partial charge in [-0.2, -0.15) is 5.10 Å². The van der Waals surface area contributed by atoms with E-state index in [2.05, 4.69) is 20.5 Å². The second-order valence-corrected chi connectivity index (χ2v) is 3.11. The molecule has 1 amide bonds. The lowest BCUT2D eigenvalue weighted by molar-refractivity contribution is 0.0940. The molecule has 2 rings (SSSR count). The van der Waals surface area contributed by atoms with Crippen LogP contribution < -0.4 is 5.32 Å². The molecule has 0 saturated carbocycles. The lowest BCUT2D eigenvalue weighted by atomic mass is 10.2. The molecule has 82 valence electrons. The average molecular weight is 220 g/mol. The predicted molar refractivity (Wildman–Crippen MR) is 54.0 cm³/mol. The van der Waals surface area contributed by atoms with Crippen LogP contribution in [-0.2, 0) is 6.54 Å². The minimum atomic E-state index is -0.416. The zero-order chi connectivity index (χ0) is 11.4. The number of nitrogens with zero attached hydrogens (tertiary/aromatic N) is 2. The van der Waals surface area contributed by atoms with Crippen molar-refractivity contribution in [3.63, 3.8) is 0 Å². The molecule has 0 aliphatic carbocycles. The number of rotatable bonds is 3. The van der Waals surface area contributed by atoms with Crippen molar-refractivity contribution in [1.29, 1.82) is 0 Å². The molecule has 1 aromatic heterocycles. The number of H-pyrrole nitrogens is 1. The van der Waals surface area contributed by atoms with Crippen LogP contribution in [0.25, 0.3) is 0 Å². The molecular weight excluding hydrogens is 211 g/mol. The normalized spacial score (nSPS) is 10.1. The molecule has 16 heavy (non-hydrogen) atoms. The van der Waals surface area contributed by atoms with E-state index >= 15 is 0 Å². The smallest absolute Gasteiger partial charge is 0.288 e. The molecule has 2 aromatic rings. The Morgan fingerprint density at radius 3 is 2.94 bits per heavy atom. The highest BCUT2D eigenvalue weighted by atomic mass is 19.1. The third-order valence-electron chi connectivity index (χ3n) is 2.03. The van der Waals surface area contributed by atoms with Gasteiger partial charge in [0, 0.05) is 12.1 Å². The largest absolute Gasteiger partial charge is 0.345 e. The Hall–Kier alpha value is -2.24. The highest BCUT2D eigenvalue weighted by molar-refractivity contribution is 5.90. The summed E-state index contributed by atoms with van der Waals surface area (Å²) in [7, 11) is 0. The summed E-state index contributed by atoms with van der Waals surface area (Å²) in [6, 6.07) is 6.25. The predicted octanol–water partition coefficient (Wildman–Crippen LogP) is 0.874. The quantitative estimate of drug-likeness (QED) is 0.806. The molecule has 0 atom stereocenters. The highest BCUT2D eigenvalue weighted by Gasteiger charge is 2.08. The van der Waals surface area contributed by atoms with Gasteiger partial charge in [-0.05, 0) is 6.07 Å². The maximum Gasteiger partial charge on any atom is 0.288 e. The minimum absolute atomic E-state index is 0.108. The van der Waals surface area contributed by atoms with Gasteiger partial charge in [0.15, 0.2) is 0 Å². The molecule has 0 saturated heterocycles. The number of carbonyl (C=O) groups is 1. The van der Waals surface area contributed by atoms with Gasteiger partial charge in [0.25, 0.3) is 5.91 Å². The monoisotopic (exact) mass is 220 g/mol. The molecule has 0 unspecified atom stereocenters. The van der Waals surface area contributed by atoms with Crippen molar-refractivity contribution < 1.29 is 9.18 Å². The molecule has 2 N–H and O–H groups in total. The zero-order valence-corrected chi connectivity index (χ0v) is 8.27. The summed E-state index contributed by atoms with van der Waals surface area (Å²) in [5, 5.41) is 8.50. The standard InChI is InChI=1S/C10H9FN4O/c11-8-4-2-1-3-7(8)5-12-10(16)9-13-6-14-15-9/h1-4,6H,5H2,(H,12,16)(H,13,14,15). The second kappa shape index (κ2) is 4.52. The third-order valence-corrected chi connectivity index (χ3v) is 2.03. The zero-order valence-electron chi connectivity index (χ0n) is 8.27. The van der Waals surface area contributed by atoms with Gasteiger partial charge in [0.2, 0.25) is 5.82 Å². The third kappa shape index (κ3) is 2.22. The lowest BCUT2D eigenvalue weighted by Crippen LogP contribution is -2.24. The number of hydrogen-bond donors (Lipinski definition) is 2. The van der Waals surface area contributed by atoms with Gasteiger partial charge in [0.05, 0.1) is 0 Å². The summed E-state index contributed by atoms with van der Waals surface area (Å²) in [5.74, 6) is -0.655. The van der Waals surface area contributed by atoms with Gasteiger partial charge in [-0.3, -0.25) is 9.89 Å². The molecule has 0 radical (unpaired) electrons. The van der Waals surface area contributed by atoms with E-state index in [1.54, 1.807) is 18.2 Å². The SMILES string of the molecule is O=C(NCc1ccccc1F)c1ncn[nH]1. The summed E-state index contributed by atoms with van der Waals surface area (Å²) in [6.07, 6.45) is 1.23. The minimum Gasteiger partial charge on any atom is -0.345 e. The fraction of sp³-hybridized carbons (Fsp3) is 0.100. The maximum absolute atomic E-state index is 13.2. The van der Waals surface area contributed by atoms with Crippen molar-refractivity contribution >= 4 is 5.91 Å². The van der Waals surface area contributed by atoms with E-state index in [1.165, 1.54) is 12.4 Å². The number of aromatic amines is 1. The first-order valence-electron chi connectivity index (χ1n) is 4.64. The van der Waals surface area contributed by atoms with Crippen molar-refractivity contribution in [3.05, 3.63) is 47.8 Å². The van der Waals surface area contributed by atoms with Gasteiger partial charge < -0.3 is 5.32 Å². The molecule has 1 aromatic carbocycles. The van der Waals surface area contributed by atoms with E-state index in [0.717, 1.165) is 0 Å². The molecule has 6 heteroatoms. The summed E-state index contributed by atoms with van der Waals surface area (Å²) in [4.78, 5) is 15.1. The van der Waals surface area contributed by atoms with E-state index < -0.39 is 5.91 Å². The molecule has 0 aliphatic rings. The molecular formula is C10H9FN4O. The maximum atomic E-state index is 13.2. The summed E-state index contributed by atoms with van der Waals surface area (Å²) in [6.45, 7) is 0.117. The second-order valence-electron chi connectivity index (χ2n) is 3.11. The van der Waals surface area contributed by atoms with Gasteiger partial charge >= 0.3 is 0 Å². The molecule has 0 aliphatic heterocycles. The van der Waals surface area contributed by atoms with Crippen LogP contribution in [0.15, 0.2) is 30.6 Å². The van der Waals surface area contributed by atoms with Crippen molar-refractivity contribution in [3.8, 4) is 0 Å². The topological polar surface area (TPSA) is 70.7 Å². The van der Waals surface area contributed by atoms with Crippen LogP contribution in [0.1, 0.15) is 16.2 Å². The Balaban J connectivity index is 1.98. The fourth-order valence-electron chi connectivity index (χ4n) is 1.22. The molecule has 1 heterocycles. The van der Waals surface area contributed by atoms with Gasteiger partial charge in [0.1, 0.15) is 12.1 Å². The highest BCUT2D eigenvalue weighted by Crippen LogP contribution is 2.05. The van der Waals surface area contributed by atoms with Crippen LogP contribution in [0.3, 0.4) is 0 Å². The Bertz CT molecular complexity index is 483. The number of halogens is 1. The van der Waals surface area contributed by atoms with Crippen LogP contribution >= 0.6 is 0 Å². The molecule has 0 fully saturated rings. The van der Waals surface area contributed by atoms with Crippen molar-refractivity contribution in [2.75, 3.05) is 0 Å². The Morgan fingerprint density at radius 1 is 1.44 bits per heavy atom. The number of amides is 1. The molecule has 0 bridgehead atoms. The summed E-state index contributed by atoms with van der Waals surface area (Å²) >= 11 is 0. The first kappa shape index (κ1) is 10.3. The van der Waals surface area contributed by atoms with Crippen molar-refractivity contribution in [1.82, 2.24) is 20.5 Å². The number of nitrogens with one attached hydrogen (secondary N) is 2. The number of hydrogen-bond acceptors (Lipinski definition) is 3. The van der Waals surface area contributed by atoms with Gasteiger partial charge in [-0.15, -0.1) is 0 Å². The Kier molecular flexibility index (Phi) is 2.90. The Labute approximate surface area is 90.7 Å². The van der Waals surface area contributed by atoms with E-state index in [9.17, 15) is 9.18 Å². The van der Waals surface area contributed by atoms with E-state index in [-0.39, 0.29) is 18.2 Å². The van der Waals surface area contributed by atoms with Crippen LogP contribution in [0.2, 0.25) is 0 Å². The molecule has 0 spiro atoms. The summed E-state index contributed by atoms with van der Waals surface area (Å²) in [5.41, 5.74) is 0.426. The van der Waals surface area contributed by atoms with Gasteiger partial charge in [-0.1, -0.05) is 18.2 Å². The van der Waals surface area contributed by atoms with Crippen LogP contribution in [-0.4, -0.2) is 21.1 Å². The summed E-state index contributed by atoms with van der Waals surface area (Å²) < 4.78 is 13.2. The van der Waals surface area contributed by atoms with Gasteiger partial charge in [-0.25, -0.2) is 9.37 Å². The molecule has 5 nitrogen and oxygen atoms in total. The van der Waals surface area contributed by atoms with Crippen LogP contribution in [0, 0.1) is 5.82 Å². The number of aromatic nitrogens is 3. The number of carbonyl (C=O) groups excluding carboxylic acids is 1. The first-order chi connectivity index (χ1) is 7.77. The Morgan fingerprint density at radius 2 is 2.25 bits per heavy atom. The van der Waals surface area contributed by atoms with Crippen LogP contribution in [0.4, 0.5) is 4.39 Å². The fourth-order valence-corrected chi connectivity index (χ4v) is 1.22. The number of benzene rings is 1. The van der Waals surface area contributed by atoms with E-state index in [4.69, 9.17) is 0 Å². The van der Waals surface area contributed by atoms with Crippen LogP contribution in [0.5, 0.6) is 0 Å². The average Bonchev–Trinajstić information content (AvgIpc) is 2.81. The van der Waals surface area contributed by atoms with Crippen molar-refractivity contribution in [2.24, 2.45) is 0 Å².